The fourth-order valence-corrected chi connectivity index (χ4v) is 2.82. The Kier molecular flexibility index (Phi) is 4.53. The van der Waals surface area contributed by atoms with Crippen LogP contribution in [0.3, 0.4) is 0 Å². The van der Waals surface area contributed by atoms with Crippen molar-refractivity contribution in [2.45, 2.75) is 24.8 Å². The third-order valence-electron chi connectivity index (χ3n) is 3.05. The number of aromatic amines is 1. The summed E-state index contributed by atoms with van der Waals surface area (Å²) in [6.07, 6.45) is 2.35. The molecule has 0 aliphatic heterocycles. The molecule has 1 heterocycles. The quantitative estimate of drug-likeness (QED) is 0.730. The highest BCUT2D eigenvalue weighted by atomic mass is 32.2. The molecule has 6 nitrogen and oxygen atoms in total. The van der Waals surface area contributed by atoms with Gasteiger partial charge in [0.2, 0.25) is 10.0 Å². The minimum Gasteiger partial charge on any atom is -0.330 e. The van der Waals surface area contributed by atoms with E-state index >= 15 is 0 Å². The zero-order chi connectivity index (χ0) is 14.6. The first-order valence-electron chi connectivity index (χ1n) is 6.30. The fraction of sp³-hybridized carbons (Fsp3) is 0.308. The standard InChI is InChI=1S/C13H18N4O2S/c1-10-12(8-15-17-10)9-16-20(18,19)13-4-2-11(3-5-13)6-7-14/h2-5,8,16H,6-7,9,14H2,1H3,(H,15,17). The summed E-state index contributed by atoms with van der Waals surface area (Å²) in [6, 6.07) is 6.75. The molecule has 0 atom stereocenters. The zero-order valence-electron chi connectivity index (χ0n) is 11.3. The molecule has 2 aromatic rings. The molecule has 1 aromatic carbocycles. The van der Waals surface area contributed by atoms with Gasteiger partial charge in [-0.1, -0.05) is 12.1 Å². The van der Waals surface area contributed by atoms with Gasteiger partial charge in [0, 0.05) is 17.8 Å². The van der Waals surface area contributed by atoms with E-state index in [0.29, 0.717) is 6.54 Å². The van der Waals surface area contributed by atoms with Crippen LogP contribution in [0.4, 0.5) is 0 Å². The third-order valence-corrected chi connectivity index (χ3v) is 4.47. The molecule has 0 aliphatic rings. The van der Waals surface area contributed by atoms with E-state index in [2.05, 4.69) is 14.9 Å². The Morgan fingerprint density at radius 2 is 2.00 bits per heavy atom. The second kappa shape index (κ2) is 6.17. The molecule has 0 fully saturated rings. The van der Waals surface area contributed by atoms with Crippen LogP contribution in [0, 0.1) is 6.92 Å². The third kappa shape index (κ3) is 3.44. The van der Waals surface area contributed by atoms with Crippen LogP contribution in [0.2, 0.25) is 0 Å². The van der Waals surface area contributed by atoms with Crippen molar-refractivity contribution in [1.29, 1.82) is 0 Å². The molecule has 2 rings (SSSR count). The first kappa shape index (κ1) is 14.7. The minimum atomic E-state index is -3.51. The van der Waals surface area contributed by atoms with Gasteiger partial charge in [-0.05, 0) is 37.6 Å². The topological polar surface area (TPSA) is 101 Å². The summed E-state index contributed by atoms with van der Waals surface area (Å²) in [5.74, 6) is 0. The van der Waals surface area contributed by atoms with Gasteiger partial charge in [0.05, 0.1) is 11.1 Å². The number of nitrogens with two attached hydrogens (primary N) is 1. The predicted octanol–water partition coefficient (Wildman–Crippen LogP) is 0.698. The van der Waals surface area contributed by atoms with E-state index in [1.807, 2.05) is 6.92 Å². The normalized spacial score (nSPS) is 11.7. The number of aromatic nitrogens is 2. The SMILES string of the molecule is Cc1[nH]ncc1CNS(=O)(=O)c1ccc(CCN)cc1. The molecular formula is C13H18N4O2S. The molecule has 0 saturated carbocycles. The monoisotopic (exact) mass is 294 g/mol. The highest BCUT2D eigenvalue weighted by Crippen LogP contribution is 2.12. The number of sulfonamides is 1. The predicted molar refractivity (Wildman–Crippen MR) is 76.6 cm³/mol. The lowest BCUT2D eigenvalue weighted by molar-refractivity contribution is 0.581. The highest BCUT2D eigenvalue weighted by Gasteiger charge is 2.14. The molecule has 108 valence electrons. The van der Waals surface area contributed by atoms with Gasteiger partial charge in [-0.25, -0.2) is 13.1 Å². The van der Waals surface area contributed by atoms with Gasteiger partial charge in [-0.3, -0.25) is 5.10 Å². The summed E-state index contributed by atoms with van der Waals surface area (Å²) in [7, 11) is -3.51. The lowest BCUT2D eigenvalue weighted by atomic mass is 10.2. The summed E-state index contributed by atoms with van der Waals surface area (Å²) in [6.45, 7) is 2.61. The maximum atomic E-state index is 12.1. The number of H-pyrrole nitrogens is 1. The molecule has 20 heavy (non-hydrogen) atoms. The highest BCUT2D eigenvalue weighted by molar-refractivity contribution is 7.89. The van der Waals surface area contributed by atoms with Crippen LogP contribution in [0.15, 0.2) is 35.4 Å². The number of aryl methyl sites for hydroxylation is 1. The van der Waals surface area contributed by atoms with Crippen LogP contribution in [0.1, 0.15) is 16.8 Å². The van der Waals surface area contributed by atoms with E-state index in [1.54, 1.807) is 30.5 Å². The molecule has 0 aliphatic carbocycles. The van der Waals surface area contributed by atoms with Gasteiger partial charge in [-0.2, -0.15) is 5.10 Å². The van der Waals surface area contributed by atoms with Crippen molar-refractivity contribution in [3.8, 4) is 0 Å². The Morgan fingerprint density at radius 3 is 2.55 bits per heavy atom. The van der Waals surface area contributed by atoms with Crippen molar-refractivity contribution < 1.29 is 8.42 Å². The van der Waals surface area contributed by atoms with Crippen LogP contribution in [-0.2, 0) is 23.0 Å². The van der Waals surface area contributed by atoms with Gasteiger partial charge >= 0.3 is 0 Å². The van der Waals surface area contributed by atoms with Crippen molar-refractivity contribution in [2.75, 3.05) is 6.54 Å². The molecule has 1 aromatic heterocycles. The van der Waals surface area contributed by atoms with Crippen molar-refractivity contribution in [1.82, 2.24) is 14.9 Å². The Hall–Kier alpha value is -1.70. The number of hydrogen-bond acceptors (Lipinski definition) is 4. The van der Waals surface area contributed by atoms with Gasteiger partial charge < -0.3 is 5.73 Å². The number of rotatable bonds is 6. The van der Waals surface area contributed by atoms with Crippen LogP contribution < -0.4 is 10.5 Å². The Bertz CT molecular complexity index is 662. The molecule has 0 spiro atoms. The van der Waals surface area contributed by atoms with Crippen molar-refractivity contribution in [3.63, 3.8) is 0 Å². The first-order valence-corrected chi connectivity index (χ1v) is 7.79. The molecular weight excluding hydrogens is 276 g/mol. The summed E-state index contributed by atoms with van der Waals surface area (Å²) in [5, 5.41) is 6.63. The van der Waals surface area contributed by atoms with Crippen LogP contribution >= 0.6 is 0 Å². The molecule has 7 heteroatoms. The summed E-state index contributed by atoms with van der Waals surface area (Å²) >= 11 is 0. The average molecular weight is 294 g/mol. The molecule has 0 radical (unpaired) electrons. The molecule has 0 saturated heterocycles. The number of hydrogen-bond donors (Lipinski definition) is 3. The number of nitrogens with zero attached hydrogens (tertiary/aromatic N) is 1. The van der Waals surface area contributed by atoms with E-state index in [-0.39, 0.29) is 11.4 Å². The van der Waals surface area contributed by atoms with E-state index < -0.39 is 10.0 Å². The van der Waals surface area contributed by atoms with Crippen LogP contribution in [0.25, 0.3) is 0 Å². The summed E-state index contributed by atoms with van der Waals surface area (Å²) in [4.78, 5) is 0.249. The van der Waals surface area contributed by atoms with Gasteiger partial charge in [0.15, 0.2) is 0 Å². The lowest BCUT2D eigenvalue weighted by Gasteiger charge is -2.07. The average Bonchev–Trinajstić information content (AvgIpc) is 2.83. The smallest absolute Gasteiger partial charge is 0.240 e. The maximum Gasteiger partial charge on any atom is 0.240 e. The van der Waals surface area contributed by atoms with Gasteiger partial charge in [-0.15, -0.1) is 0 Å². The Balaban J connectivity index is 2.08. The molecule has 0 bridgehead atoms. The fourth-order valence-electron chi connectivity index (χ4n) is 1.81. The zero-order valence-corrected chi connectivity index (χ0v) is 12.1. The van der Waals surface area contributed by atoms with E-state index in [0.717, 1.165) is 23.2 Å². The lowest BCUT2D eigenvalue weighted by Crippen LogP contribution is -2.23. The van der Waals surface area contributed by atoms with Crippen molar-refractivity contribution in [2.24, 2.45) is 5.73 Å². The van der Waals surface area contributed by atoms with Crippen molar-refractivity contribution in [3.05, 3.63) is 47.3 Å². The number of nitrogens with one attached hydrogen (secondary N) is 2. The van der Waals surface area contributed by atoms with E-state index in [9.17, 15) is 8.42 Å². The number of benzene rings is 1. The van der Waals surface area contributed by atoms with E-state index in [4.69, 9.17) is 5.73 Å². The van der Waals surface area contributed by atoms with Crippen molar-refractivity contribution >= 4 is 10.0 Å². The Morgan fingerprint density at radius 1 is 1.30 bits per heavy atom. The molecule has 4 N–H and O–H groups in total. The maximum absolute atomic E-state index is 12.1. The van der Waals surface area contributed by atoms with Gasteiger partial charge in [0.1, 0.15) is 0 Å². The van der Waals surface area contributed by atoms with Gasteiger partial charge in [0.25, 0.3) is 0 Å². The van der Waals surface area contributed by atoms with Crippen LogP contribution in [0.5, 0.6) is 0 Å². The molecule has 0 amide bonds. The largest absolute Gasteiger partial charge is 0.330 e. The second-order valence-corrected chi connectivity index (χ2v) is 6.29. The molecule has 0 unspecified atom stereocenters. The van der Waals surface area contributed by atoms with E-state index in [1.165, 1.54) is 0 Å². The van der Waals surface area contributed by atoms with Crippen LogP contribution in [-0.4, -0.2) is 25.2 Å². The second-order valence-electron chi connectivity index (χ2n) is 4.53. The Labute approximate surface area is 118 Å². The summed E-state index contributed by atoms with van der Waals surface area (Å²) in [5.41, 5.74) is 8.17. The minimum absolute atomic E-state index is 0.217. The summed E-state index contributed by atoms with van der Waals surface area (Å²) < 4.78 is 26.8. The first-order chi connectivity index (χ1) is 9.53.